The van der Waals surface area contributed by atoms with Crippen molar-refractivity contribution in [1.29, 1.82) is 0 Å². The number of aliphatic hydroxyl groups excluding tert-OH is 1. The maximum Gasteiger partial charge on any atom is 0.469 e. The van der Waals surface area contributed by atoms with Gasteiger partial charge in [0.25, 0.3) is 0 Å². The molecule has 0 aromatic carbocycles. The fraction of sp³-hybridized carbons (Fsp3) is 1.00. The number of aliphatic hydroxyl groups is 1. The van der Waals surface area contributed by atoms with Gasteiger partial charge in [0.2, 0.25) is 0 Å². The molecule has 0 heterocycles. The van der Waals surface area contributed by atoms with Gasteiger partial charge in [0.05, 0.1) is 25.4 Å². The van der Waals surface area contributed by atoms with Gasteiger partial charge in [-0.2, -0.15) is 0 Å². The first-order chi connectivity index (χ1) is 12.8. The molecule has 164 valence electrons. The quantitative estimate of drug-likeness (QED) is 0.220. The molecular weight excluding hydrogens is 369 g/mol. The van der Waals surface area contributed by atoms with Crippen molar-refractivity contribution in [3.8, 4) is 0 Å². The first kappa shape index (κ1) is 27.0. The van der Waals surface area contributed by atoms with Crippen LogP contribution in [0.5, 0.6) is 0 Å². The normalized spacial score (nSPS) is 14.6. The Bertz CT molecular complexity index is 377. The zero-order valence-electron chi connectivity index (χ0n) is 17.5. The van der Waals surface area contributed by atoms with Gasteiger partial charge in [-0.1, -0.05) is 71.1 Å². The molecule has 0 saturated carbocycles. The molecule has 0 aliphatic carbocycles. The van der Waals surface area contributed by atoms with Gasteiger partial charge in [0.1, 0.15) is 0 Å². The molecule has 7 nitrogen and oxygen atoms in total. The monoisotopic (exact) mass is 411 g/mol. The molecule has 0 aliphatic rings. The van der Waals surface area contributed by atoms with Gasteiger partial charge in [-0.15, -0.1) is 0 Å². The van der Waals surface area contributed by atoms with Gasteiger partial charge in [0, 0.05) is 6.61 Å². The van der Waals surface area contributed by atoms with Crippen molar-refractivity contribution in [2.45, 2.75) is 89.7 Å². The van der Waals surface area contributed by atoms with Crippen molar-refractivity contribution in [3.05, 3.63) is 0 Å². The number of hydrogen-bond donors (Lipinski definition) is 3. The number of phosphoric acid groups is 1. The summed E-state index contributed by atoms with van der Waals surface area (Å²) in [6.07, 6.45) is 13.2. The first-order valence-electron chi connectivity index (χ1n) is 10.4. The Morgan fingerprint density at radius 2 is 1.33 bits per heavy atom. The number of hydrogen-bond acceptors (Lipinski definition) is 5. The number of nitrogens with zero attached hydrogens (tertiary/aromatic N) is 1. The fourth-order valence-corrected chi connectivity index (χ4v) is 3.31. The third-order valence-corrected chi connectivity index (χ3v) is 5.19. The highest BCUT2D eigenvalue weighted by Crippen LogP contribution is 2.36. The molecule has 0 saturated heterocycles. The standard InChI is InChI=1S/C19H42NO6P/c1-4-5-6-7-8-9-10-11-12-13-14-15-25-17-19(21)18(20(2)3)16-26-27(22,23)24/h18-19,21H,4-17H2,1-3H3,(H2,22,23,24). The minimum Gasteiger partial charge on any atom is -0.389 e. The number of unbranched alkanes of at least 4 members (excludes halogenated alkanes) is 10. The minimum atomic E-state index is -4.54. The van der Waals surface area contributed by atoms with E-state index in [0.29, 0.717) is 6.61 Å². The van der Waals surface area contributed by atoms with Crippen LogP contribution in [0.2, 0.25) is 0 Å². The average Bonchev–Trinajstić information content (AvgIpc) is 2.57. The summed E-state index contributed by atoms with van der Waals surface area (Å²) in [5.41, 5.74) is 0. The van der Waals surface area contributed by atoms with Crippen molar-refractivity contribution in [1.82, 2.24) is 4.90 Å². The summed E-state index contributed by atoms with van der Waals surface area (Å²) in [4.78, 5) is 19.2. The lowest BCUT2D eigenvalue weighted by Gasteiger charge is -2.28. The number of phosphoric ester groups is 1. The third-order valence-electron chi connectivity index (χ3n) is 4.70. The molecule has 0 amide bonds. The molecule has 0 aromatic heterocycles. The van der Waals surface area contributed by atoms with E-state index >= 15 is 0 Å². The highest BCUT2D eigenvalue weighted by molar-refractivity contribution is 7.46. The van der Waals surface area contributed by atoms with Gasteiger partial charge in [-0.25, -0.2) is 4.57 Å². The van der Waals surface area contributed by atoms with E-state index in [9.17, 15) is 9.67 Å². The molecule has 2 atom stereocenters. The Morgan fingerprint density at radius 3 is 1.78 bits per heavy atom. The highest BCUT2D eigenvalue weighted by Gasteiger charge is 2.25. The molecule has 3 N–H and O–H groups in total. The summed E-state index contributed by atoms with van der Waals surface area (Å²) in [7, 11) is -1.09. The van der Waals surface area contributed by atoms with Crippen LogP contribution in [-0.2, 0) is 13.8 Å². The van der Waals surface area contributed by atoms with E-state index in [0.717, 1.165) is 12.8 Å². The molecule has 0 aliphatic heterocycles. The highest BCUT2D eigenvalue weighted by atomic mass is 31.2. The van der Waals surface area contributed by atoms with E-state index < -0.39 is 20.0 Å². The molecular formula is C19H42NO6P. The first-order valence-corrected chi connectivity index (χ1v) is 11.9. The van der Waals surface area contributed by atoms with Gasteiger partial charge in [0.15, 0.2) is 0 Å². The predicted molar refractivity (Wildman–Crippen MR) is 109 cm³/mol. The molecule has 27 heavy (non-hydrogen) atoms. The van der Waals surface area contributed by atoms with Crippen LogP contribution in [0.4, 0.5) is 0 Å². The van der Waals surface area contributed by atoms with Crippen LogP contribution in [-0.4, -0.2) is 65.9 Å². The lowest BCUT2D eigenvalue weighted by molar-refractivity contribution is -0.0225. The second kappa shape index (κ2) is 16.9. The van der Waals surface area contributed by atoms with Crippen molar-refractivity contribution < 1.29 is 28.7 Å². The van der Waals surface area contributed by atoms with E-state index in [4.69, 9.17) is 14.5 Å². The van der Waals surface area contributed by atoms with Gasteiger partial charge < -0.3 is 24.5 Å². The van der Waals surface area contributed by atoms with E-state index in [2.05, 4.69) is 11.4 Å². The summed E-state index contributed by atoms with van der Waals surface area (Å²) in [5, 5.41) is 10.2. The Hall–Kier alpha value is -0.0100. The van der Waals surface area contributed by atoms with Crippen molar-refractivity contribution in [2.75, 3.05) is 33.9 Å². The van der Waals surface area contributed by atoms with Gasteiger partial charge in [-0.05, 0) is 20.5 Å². The van der Waals surface area contributed by atoms with Crippen LogP contribution < -0.4 is 0 Å². The molecule has 0 bridgehead atoms. The maximum atomic E-state index is 10.8. The lowest BCUT2D eigenvalue weighted by atomic mass is 10.1. The zero-order valence-corrected chi connectivity index (χ0v) is 18.4. The number of ether oxygens (including phenoxy) is 1. The Labute approximate surface area is 165 Å². The molecule has 0 radical (unpaired) electrons. The largest absolute Gasteiger partial charge is 0.469 e. The molecule has 8 heteroatoms. The predicted octanol–water partition coefficient (Wildman–Crippen LogP) is 3.71. The summed E-state index contributed by atoms with van der Waals surface area (Å²) in [6, 6.07) is -0.532. The summed E-state index contributed by atoms with van der Waals surface area (Å²) >= 11 is 0. The van der Waals surface area contributed by atoms with Gasteiger partial charge in [-0.3, -0.25) is 4.52 Å². The van der Waals surface area contributed by atoms with Crippen molar-refractivity contribution in [3.63, 3.8) is 0 Å². The molecule has 0 spiro atoms. The Kier molecular flexibility index (Phi) is 16.9. The fourth-order valence-electron chi connectivity index (χ4n) is 2.96. The number of likely N-dealkylation sites (N-methyl/N-ethyl adjacent to an activating group) is 1. The van der Waals surface area contributed by atoms with E-state index in [1.165, 1.54) is 57.8 Å². The molecule has 2 unspecified atom stereocenters. The summed E-state index contributed by atoms with van der Waals surface area (Å²) in [6.45, 7) is 2.71. The average molecular weight is 412 g/mol. The summed E-state index contributed by atoms with van der Waals surface area (Å²) in [5.74, 6) is 0. The van der Waals surface area contributed by atoms with E-state index in [1.807, 2.05) is 0 Å². The van der Waals surface area contributed by atoms with Gasteiger partial charge >= 0.3 is 7.82 Å². The van der Waals surface area contributed by atoms with Crippen LogP contribution >= 0.6 is 7.82 Å². The van der Waals surface area contributed by atoms with Crippen LogP contribution in [0.25, 0.3) is 0 Å². The maximum absolute atomic E-state index is 10.8. The Morgan fingerprint density at radius 1 is 0.852 bits per heavy atom. The minimum absolute atomic E-state index is 0.130. The van der Waals surface area contributed by atoms with Crippen molar-refractivity contribution >= 4 is 7.82 Å². The summed E-state index contributed by atoms with van der Waals surface area (Å²) < 4.78 is 20.8. The second-order valence-electron chi connectivity index (χ2n) is 7.50. The van der Waals surface area contributed by atoms with E-state index in [1.54, 1.807) is 19.0 Å². The number of rotatable bonds is 19. The third kappa shape index (κ3) is 17.8. The topological polar surface area (TPSA) is 99.5 Å². The molecule has 0 aromatic rings. The smallest absolute Gasteiger partial charge is 0.389 e. The van der Waals surface area contributed by atoms with Crippen LogP contribution in [0.3, 0.4) is 0 Å². The Balaban J connectivity index is 3.60. The molecule has 0 fully saturated rings. The van der Waals surface area contributed by atoms with Crippen LogP contribution in [0.15, 0.2) is 0 Å². The van der Waals surface area contributed by atoms with Crippen LogP contribution in [0.1, 0.15) is 77.6 Å². The van der Waals surface area contributed by atoms with E-state index in [-0.39, 0.29) is 13.2 Å². The van der Waals surface area contributed by atoms with Crippen LogP contribution in [0, 0.1) is 0 Å². The van der Waals surface area contributed by atoms with Crippen molar-refractivity contribution in [2.24, 2.45) is 0 Å². The lowest BCUT2D eigenvalue weighted by Crippen LogP contribution is -2.44. The molecule has 0 rings (SSSR count). The zero-order chi connectivity index (χ0) is 20.5. The SMILES string of the molecule is CCCCCCCCCCCCCOCC(O)C(COP(=O)(O)O)N(C)C. The second-order valence-corrected chi connectivity index (χ2v) is 8.73.